The molecule has 110 valence electrons. The van der Waals surface area contributed by atoms with Crippen molar-refractivity contribution < 1.29 is 9.84 Å². The summed E-state index contributed by atoms with van der Waals surface area (Å²) in [7, 11) is 0. The first kappa shape index (κ1) is 13.8. The standard InChI is InChI=1S/C16H29NO2/c1-13(18)11-14-5-4-9-17(14)15-6-10-19-16(12-15)7-2-3-8-16/h13-15,18H,2-12H2,1H3. The van der Waals surface area contributed by atoms with Crippen LogP contribution in [0, 0.1) is 0 Å². The van der Waals surface area contributed by atoms with Crippen LogP contribution < -0.4 is 0 Å². The maximum atomic E-state index is 9.68. The SMILES string of the molecule is CC(O)CC1CCCN1C1CCOC2(CCCC2)C1. The van der Waals surface area contributed by atoms with Gasteiger partial charge in [-0.25, -0.2) is 0 Å². The molecule has 2 aliphatic heterocycles. The molecule has 2 heterocycles. The molecule has 3 aliphatic rings. The Bertz CT molecular complexity index is 299. The fourth-order valence-corrected chi connectivity index (χ4v) is 4.64. The van der Waals surface area contributed by atoms with Crippen LogP contribution >= 0.6 is 0 Å². The minimum atomic E-state index is -0.161. The molecule has 3 atom stereocenters. The molecule has 3 unspecified atom stereocenters. The normalized spacial score (nSPS) is 36.9. The van der Waals surface area contributed by atoms with Crippen molar-refractivity contribution >= 4 is 0 Å². The van der Waals surface area contributed by atoms with Gasteiger partial charge in [0.05, 0.1) is 11.7 Å². The van der Waals surface area contributed by atoms with Gasteiger partial charge in [0.1, 0.15) is 0 Å². The Hall–Kier alpha value is -0.120. The highest BCUT2D eigenvalue weighted by atomic mass is 16.5. The van der Waals surface area contributed by atoms with E-state index in [0.29, 0.717) is 12.1 Å². The van der Waals surface area contributed by atoms with Gasteiger partial charge in [0.15, 0.2) is 0 Å². The van der Waals surface area contributed by atoms with Gasteiger partial charge in [0, 0.05) is 18.7 Å². The van der Waals surface area contributed by atoms with E-state index in [1.54, 1.807) is 0 Å². The van der Waals surface area contributed by atoms with Crippen molar-refractivity contribution in [2.45, 2.75) is 88.5 Å². The van der Waals surface area contributed by atoms with E-state index in [1.807, 2.05) is 6.92 Å². The lowest BCUT2D eigenvalue weighted by Gasteiger charge is -2.44. The summed E-state index contributed by atoms with van der Waals surface area (Å²) in [6.45, 7) is 4.11. The molecule has 3 rings (SSSR count). The first-order chi connectivity index (χ1) is 9.19. The number of ether oxygens (including phenoxy) is 1. The van der Waals surface area contributed by atoms with Gasteiger partial charge in [-0.3, -0.25) is 4.90 Å². The zero-order valence-electron chi connectivity index (χ0n) is 12.3. The van der Waals surface area contributed by atoms with E-state index in [-0.39, 0.29) is 11.7 Å². The van der Waals surface area contributed by atoms with Gasteiger partial charge in [-0.1, -0.05) is 12.8 Å². The summed E-state index contributed by atoms with van der Waals surface area (Å²) >= 11 is 0. The van der Waals surface area contributed by atoms with E-state index in [9.17, 15) is 5.11 Å². The molecule has 3 fully saturated rings. The van der Waals surface area contributed by atoms with Crippen molar-refractivity contribution in [1.82, 2.24) is 4.90 Å². The largest absolute Gasteiger partial charge is 0.393 e. The fourth-order valence-electron chi connectivity index (χ4n) is 4.64. The summed E-state index contributed by atoms with van der Waals surface area (Å²) in [4.78, 5) is 2.70. The van der Waals surface area contributed by atoms with Crippen LogP contribution in [-0.4, -0.2) is 46.9 Å². The molecule has 1 saturated carbocycles. The average molecular weight is 267 g/mol. The van der Waals surface area contributed by atoms with Crippen molar-refractivity contribution in [2.24, 2.45) is 0 Å². The number of likely N-dealkylation sites (tertiary alicyclic amines) is 1. The third-order valence-electron chi connectivity index (χ3n) is 5.49. The molecule has 1 aliphatic carbocycles. The van der Waals surface area contributed by atoms with Crippen molar-refractivity contribution in [3.63, 3.8) is 0 Å². The van der Waals surface area contributed by atoms with E-state index in [4.69, 9.17) is 4.74 Å². The minimum absolute atomic E-state index is 0.161. The first-order valence-corrected chi connectivity index (χ1v) is 8.26. The average Bonchev–Trinajstić information content (AvgIpc) is 2.99. The monoisotopic (exact) mass is 267 g/mol. The molecule has 0 bridgehead atoms. The summed E-state index contributed by atoms with van der Waals surface area (Å²) < 4.78 is 6.16. The Balaban J connectivity index is 1.64. The van der Waals surface area contributed by atoms with E-state index in [2.05, 4.69) is 4.90 Å². The number of rotatable bonds is 3. The van der Waals surface area contributed by atoms with E-state index < -0.39 is 0 Å². The summed E-state index contributed by atoms with van der Waals surface area (Å²) in [5.74, 6) is 0. The molecule has 0 aromatic rings. The maximum Gasteiger partial charge on any atom is 0.0697 e. The van der Waals surface area contributed by atoms with Crippen molar-refractivity contribution in [3.05, 3.63) is 0 Å². The van der Waals surface area contributed by atoms with Crippen LogP contribution in [0.2, 0.25) is 0 Å². The summed E-state index contributed by atoms with van der Waals surface area (Å²) in [6.07, 6.45) is 11.1. The van der Waals surface area contributed by atoms with Gasteiger partial charge < -0.3 is 9.84 Å². The second kappa shape index (κ2) is 5.71. The van der Waals surface area contributed by atoms with Gasteiger partial charge in [-0.05, 0) is 58.4 Å². The molecule has 3 heteroatoms. The highest BCUT2D eigenvalue weighted by Crippen LogP contribution is 2.42. The maximum absolute atomic E-state index is 9.68. The number of nitrogens with zero attached hydrogens (tertiary/aromatic N) is 1. The highest BCUT2D eigenvalue weighted by molar-refractivity contribution is 4.96. The molecule has 0 aromatic carbocycles. The Kier molecular flexibility index (Phi) is 4.16. The van der Waals surface area contributed by atoms with E-state index >= 15 is 0 Å². The van der Waals surface area contributed by atoms with Gasteiger partial charge >= 0.3 is 0 Å². The Labute approximate surface area is 117 Å². The second-order valence-electron chi connectivity index (χ2n) is 7.00. The Morgan fingerprint density at radius 3 is 2.79 bits per heavy atom. The number of hydrogen-bond donors (Lipinski definition) is 1. The fraction of sp³-hybridized carbons (Fsp3) is 1.00. The smallest absolute Gasteiger partial charge is 0.0697 e. The van der Waals surface area contributed by atoms with E-state index in [1.165, 1.54) is 57.9 Å². The molecule has 0 aromatic heterocycles. The lowest BCUT2D eigenvalue weighted by Crippen LogP contribution is -2.49. The molecule has 1 N–H and O–H groups in total. The number of aliphatic hydroxyl groups is 1. The second-order valence-corrected chi connectivity index (χ2v) is 7.00. The van der Waals surface area contributed by atoms with Crippen molar-refractivity contribution in [2.75, 3.05) is 13.2 Å². The van der Waals surface area contributed by atoms with E-state index in [0.717, 1.165) is 13.0 Å². The third-order valence-corrected chi connectivity index (χ3v) is 5.49. The van der Waals surface area contributed by atoms with Crippen LogP contribution in [-0.2, 0) is 4.74 Å². The highest BCUT2D eigenvalue weighted by Gasteiger charge is 2.43. The zero-order chi connectivity index (χ0) is 13.3. The third kappa shape index (κ3) is 2.98. The minimum Gasteiger partial charge on any atom is -0.393 e. The number of aliphatic hydroxyl groups excluding tert-OH is 1. The van der Waals surface area contributed by atoms with Gasteiger partial charge in [0.2, 0.25) is 0 Å². The summed E-state index contributed by atoms with van der Waals surface area (Å²) in [5.41, 5.74) is 0.223. The van der Waals surface area contributed by atoms with Crippen molar-refractivity contribution in [1.29, 1.82) is 0 Å². The molecule has 3 nitrogen and oxygen atoms in total. The first-order valence-electron chi connectivity index (χ1n) is 8.26. The zero-order valence-corrected chi connectivity index (χ0v) is 12.3. The predicted molar refractivity (Wildman–Crippen MR) is 76.2 cm³/mol. The molecule has 19 heavy (non-hydrogen) atoms. The molecule has 1 spiro atoms. The lowest BCUT2D eigenvalue weighted by molar-refractivity contribution is -0.104. The molecule has 2 saturated heterocycles. The quantitative estimate of drug-likeness (QED) is 0.853. The lowest BCUT2D eigenvalue weighted by atomic mass is 9.87. The van der Waals surface area contributed by atoms with Crippen LogP contribution in [0.4, 0.5) is 0 Å². The Morgan fingerprint density at radius 1 is 1.26 bits per heavy atom. The van der Waals surface area contributed by atoms with Crippen molar-refractivity contribution in [3.8, 4) is 0 Å². The molecular weight excluding hydrogens is 238 g/mol. The predicted octanol–water partition coefficient (Wildman–Crippen LogP) is 2.71. The van der Waals surface area contributed by atoms with Gasteiger partial charge in [-0.2, -0.15) is 0 Å². The van der Waals surface area contributed by atoms with Crippen LogP contribution in [0.25, 0.3) is 0 Å². The Morgan fingerprint density at radius 2 is 2.05 bits per heavy atom. The number of hydrogen-bond acceptors (Lipinski definition) is 3. The van der Waals surface area contributed by atoms with Crippen LogP contribution in [0.3, 0.4) is 0 Å². The van der Waals surface area contributed by atoms with Crippen LogP contribution in [0.5, 0.6) is 0 Å². The van der Waals surface area contributed by atoms with Crippen LogP contribution in [0.1, 0.15) is 64.7 Å². The summed E-state index contributed by atoms with van der Waals surface area (Å²) in [6, 6.07) is 1.32. The molecule has 0 amide bonds. The molecular formula is C16H29NO2. The molecule has 0 radical (unpaired) electrons. The topological polar surface area (TPSA) is 32.7 Å². The van der Waals surface area contributed by atoms with Crippen LogP contribution in [0.15, 0.2) is 0 Å². The summed E-state index contributed by atoms with van der Waals surface area (Å²) in [5, 5.41) is 9.68. The van der Waals surface area contributed by atoms with Gasteiger partial charge in [0.25, 0.3) is 0 Å². The van der Waals surface area contributed by atoms with Gasteiger partial charge in [-0.15, -0.1) is 0 Å².